The zero-order valence-corrected chi connectivity index (χ0v) is 12.2. The molecule has 5 nitrogen and oxygen atoms in total. The molecule has 0 spiro atoms. The molecular formula is C13H28N4O. The van der Waals surface area contributed by atoms with Crippen LogP contribution < -0.4 is 5.73 Å². The second kappa shape index (κ2) is 7.07. The Bertz CT molecular complexity index is 268. The number of hydrogen-bond donors (Lipinski definition) is 1. The van der Waals surface area contributed by atoms with Crippen molar-refractivity contribution in [2.45, 2.75) is 31.3 Å². The van der Waals surface area contributed by atoms with Gasteiger partial charge in [-0.2, -0.15) is 0 Å². The minimum absolute atomic E-state index is 0.168. The van der Waals surface area contributed by atoms with E-state index in [0.717, 1.165) is 13.1 Å². The summed E-state index contributed by atoms with van der Waals surface area (Å²) in [5, 5.41) is 0. The van der Waals surface area contributed by atoms with Gasteiger partial charge < -0.3 is 15.5 Å². The average Bonchev–Trinajstić information content (AvgIpc) is 2.72. The van der Waals surface area contributed by atoms with Crippen LogP contribution in [0.25, 0.3) is 0 Å². The largest absolute Gasteiger partial charge is 0.349 e. The summed E-state index contributed by atoms with van der Waals surface area (Å²) >= 11 is 0. The Labute approximate surface area is 111 Å². The SMILES string of the molecule is CN(C)CC1CCCN1C(CN)CC(=O)N(C)C. The van der Waals surface area contributed by atoms with Crippen LogP contribution in [-0.2, 0) is 4.79 Å². The number of amides is 1. The van der Waals surface area contributed by atoms with Crippen LogP contribution in [0.2, 0.25) is 0 Å². The van der Waals surface area contributed by atoms with Gasteiger partial charge in [-0.25, -0.2) is 0 Å². The molecule has 2 unspecified atom stereocenters. The first-order valence-electron chi connectivity index (χ1n) is 6.76. The zero-order valence-electron chi connectivity index (χ0n) is 12.2. The fraction of sp³-hybridized carbons (Fsp3) is 0.923. The molecule has 1 rings (SSSR count). The Morgan fingerprint density at radius 1 is 1.39 bits per heavy atom. The molecule has 0 bridgehead atoms. The Hall–Kier alpha value is -0.650. The summed E-state index contributed by atoms with van der Waals surface area (Å²) in [5.74, 6) is 0.168. The highest BCUT2D eigenvalue weighted by atomic mass is 16.2. The lowest BCUT2D eigenvalue weighted by molar-refractivity contribution is -0.130. The van der Waals surface area contributed by atoms with E-state index in [0.29, 0.717) is 19.0 Å². The highest BCUT2D eigenvalue weighted by Gasteiger charge is 2.31. The number of nitrogens with two attached hydrogens (primary N) is 1. The third-order valence-electron chi connectivity index (χ3n) is 3.65. The number of hydrogen-bond acceptors (Lipinski definition) is 4. The summed E-state index contributed by atoms with van der Waals surface area (Å²) in [7, 11) is 7.80. The molecule has 1 fully saturated rings. The van der Waals surface area contributed by atoms with Crippen molar-refractivity contribution in [2.24, 2.45) is 5.73 Å². The quantitative estimate of drug-likeness (QED) is 0.716. The Kier molecular flexibility index (Phi) is 6.05. The number of likely N-dealkylation sites (tertiary alicyclic amines) is 1. The first kappa shape index (κ1) is 15.4. The molecule has 1 heterocycles. The maximum absolute atomic E-state index is 11.8. The molecule has 0 aromatic carbocycles. The minimum Gasteiger partial charge on any atom is -0.349 e. The molecule has 2 atom stereocenters. The van der Waals surface area contributed by atoms with E-state index in [1.54, 1.807) is 19.0 Å². The molecule has 106 valence electrons. The van der Waals surface area contributed by atoms with Crippen molar-refractivity contribution in [1.29, 1.82) is 0 Å². The van der Waals surface area contributed by atoms with E-state index in [-0.39, 0.29) is 11.9 Å². The maximum Gasteiger partial charge on any atom is 0.223 e. The molecule has 0 radical (unpaired) electrons. The van der Waals surface area contributed by atoms with Crippen molar-refractivity contribution >= 4 is 5.91 Å². The van der Waals surface area contributed by atoms with Crippen molar-refractivity contribution < 1.29 is 4.79 Å². The van der Waals surface area contributed by atoms with E-state index in [1.807, 2.05) is 0 Å². The number of rotatable bonds is 6. The van der Waals surface area contributed by atoms with Gasteiger partial charge >= 0.3 is 0 Å². The summed E-state index contributed by atoms with van der Waals surface area (Å²) < 4.78 is 0. The molecule has 1 aliphatic rings. The molecule has 0 aliphatic carbocycles. The van der Waals surface area contributed by atoms with Crippen LogP contribution in [0.4, 0.5) is 0 Å². The highest BCUT2D eigenvalue weighted by molar-refractivity contribution is 5.76. The fourth-order valence-corrected chi connectivity index (χ4v) is 2.68. The zero-order chi connectivity index (χ0) is 13.7. The van der Waals surface area contributed by atoms with Gasteiger partial charge in [0.25, 0.3) is 0 Å². The van der Waals surface area contributed by atoms with E-state index in [2.05, 4.69) is 23.9 Å². The predicted octanol–water partition coefficient (Wildman–Crippen LogP) is -0.182. The van der Waals surface area contributed by atoms with E-state index < -0.39 is 0 Å². The second-order valence-electron chi connectivity index (χ2n) is 5.68. The Morgan fingerprint density at radius 3 is 2.56 bits per heavy atom. The first-order chi connectivity index (χ1) is 8.45. The van der Waals surface area contributed by atoms with Crippen molar-refractivity contribution in [3.63, 3.8) is 0 Å². The molecule has 0 aromatic heterocycles. The summed E-state index contributed by atoms with van der Waals surface area (Å²) in [5.41, 5.74) is 5.87. The standard InChI is InChI=1S/C13H28N4O/c1-15(2)10-11-6-5-7-17(11)12(9-14)8-13(18)16(3)4/h11-12H,5-10,14H2,1-4H3. The van der Waals surface area contributed by atoms with Crippen LogP contribution in [0.5, 0.6) is 0 Å². The van der Waals surface area contributed by atoms with E-state index >= 15 is 0 Å². The normalized spacial score (nSPS) is 22.4. The van der Waals surface area contributed by atoms with Gasteiger partial charge in [0.05, 0.1) is 0 Å². The van der Waals surface area contributed by atoms with Gasteiger partial charge in [-0.15, -0.1) is 0 Å². The first-order valence-corrected chi connectivity index (χ1v) is 6.76. The summed E-state index contributed by atoms with van der Waals surface area (Å²) in [6.45, 7) is 2.68. The lowest BCUT2D eigenvalue weighted by Gasteiger charge is -2.34. The van der Waals surface area contributed by atoms with Crippen LogP contribution in [0.15, 0.2) is 0 Å². The van der Waals surface area contributed by atoms with Crippen LogP contribution in [-0.4, -0.2) is 80.5 Å². The molecule has 18 heavy (non-hydrogen) atoms. The van der Waals surface area contributed by atoms with Crippen LogP contribution in [0.1, 0.15) is 19.3 Å². The van der Waals surface area contributed by atoms with E-state index in [9.17, 15) is 4.79 Å². The van der Waals surface area contributed by atoms with Gasteiger partial charge in [-0.05, 0) is 33.5 Å². The Balaban J connectivity index is 2.60. The molecular weight excluding hydrogens is 228 g/mol. The van der Waals surface area contributed by atoms with Crippen LogP contribution >= 0.6 is 0 Å². The van der Waals surface area contributed by atoms with E-state index in [4.69, 9.17) is 5.73 Å². The smallest absolute Gasteiger partial charge is 0.223 e. The maximum atomic E-state index is 11.8. The van der Waals surface area contributed by atoms with Gasteiger partial charge in [-0.1, -0.05) is 0 Å². The molecule has 1 saturated heterocycles. The van der Waals surface area contributed by atoms with Crippen LogP contribution in [0.3, 0.4) is 0 Å². The second-order valence-corrected chi connectivity index (χ2v) is 5.68. The number of carbonyl (C=O) groups is 1. The minimum atomic E-state index is 0.168. The number of nitrogens with zero attached hydrogens (tertiary/aromatic N) is 3. The molecule has 1 amide bonds. The molecule has 2 N–H and O–H groups in total. The summed E-state index contributed by atoms with van der Waals surface area (Å²) in [4.78, 5) is 18.1. The van der Waals surface area contributed by atoms with Gasteiger partial charge in [0.2, 0.25) is 5.91 Å². The van der Waals surface area contributed by atoms with Crippen molar-refractivity contribution in [3.8, 4) is 0 Å². The number of carbonyl (C=O) groups excluding carboxylic acids is 1. The average molecular weight is 256 g/mol. The fourth-order valence-electron chi connectivity index (χ4n) is 2.68. The summed E-state index contributed by atoms with van der Waals surface area (Å²) in [6, 6.07) is 0.732. The van der Waals surface area contributed by atoms with Crippen molar-refractivity contribution in [1.82, 2.24) is 14.7 Å². The lowest BCUT2D eigenvalue weighted by atomic mass is 10.1. The summed E-state index contributed by atoms with van der Waals surface area (Å²) in [6.07, 6.45) is 2.96. The third kappa shape index (κ3) is 4.23. The predicted molar refractivity (Wildman–Crippen MR) is 74.4 cm³/mol. The topological polar surface area (TPSA) is 52.8 Å². The van der Waals surface area contributed by atoms with Crippen LogP contribution in [0, 0.1) is 0 Å². The molecule has 0 saturated carbocycles. The molecule has 5 heteroatoms. The third-order valence-corrected chi connectivity index (χ3v) is 3.65. The molecule has 0 aromatic rings. The molecule has 1 aliphatic heterocycles. The monoisotopic (exact) mass is 256 g/mol. The Morgan fingerprint density at radius 2 is 2.06 bits per heavy atom. The van der Waals surface area contributed by atoms with Gasteiger partial charge in [-0.3, -0.25) is 9.69 Å². The van der Waals surface area contributed by atoms with Gasteiger partial charge in [0.15, 0.2) is 0 Å². The van der Waals surface area contributed by atoms with Crippen molar-refractivity contribution in [2.75, 3.05) is 47.8 Å². The lowest BCUT2D eigenvalue weighted by Crippen LogP contribution is -2.48. The van der Waals surface area contributed by atoms with Gasteiger partial charge in [0, 0.05) is 45.7 Å². The van der Waals surface area contributed by atoms with E-state index in [1.165, 1.54) is 12.8 Å². The van der Waals surface area contributed by atoms with Gasteiger partial charge in [0.1, 0.15) is 0 Å². The number of likely N-dealkylation sites (N-methyl/N-ethyl adjacent to an activating group) is 1. The highest BCUT2D eigenvalue weighted by Crippen LogP contribution is 2.22. The van der Waals surface area contributed by atoms with Crippen molar-refractivity contribution in [3.05, 3.63) is 0 Å².